The summed E-state index contributed by atoms with van der Waals surface area (Å²) in [5.41, 5.74) is 0. The van der Waals surface area contributed by atoms with Gasteiger partial charge in [0.25, 0.3) is 5.91 Å². The van der Waals surface area contributed by atoms with Gasteiger partial charge in [0.2, 0.25) is 0 Å². The van der Waals surface area contributed by atoms with E-state index < -0.39 is 5.97 Å². The van der Waals surface area contributed by atoms with Gasteiger partial charge in [-0.1, -0.05) is 27.5 Å². The fourth-order valence-corrected chi connectivity index (χ4v) is 3.22. The van der Waals surface area contributed by atoms with E-state index in [-0.39, 0.29) is 24.5 Å². The number of hydrogen-bond acceptors (Lipinski definition) is 3. The van der Waals surface area contributed by atoms with Gasteiger partial charge in [0.05, 0.1) is 10.9 Å². The molecule has 1 aliphatic rings. The van der Waals surface area contributed by atoms with Crippen molar-refractivity contribution in [3.63, 3.8) is 0 Å². The predicted molar refractivity (Wildman–Crippen MR) is 86.2 cm³/mol. The Morgan fingerprint density at radius 2 is 2.00 bits per heavy atom. The molecule has 1 aromatic carbocycles. The van der Waals surface area contributed by atoms with Crippen molar-refractivity contribution in [2.75, 3.05) is 6.61 Å². The highest BCUT2D eigenvalue weighted by molar-refractivity contribution is 9.10. The fourth-order valence-electron chi connectivity index (χ4n) is 2.49. The van der Waals surface area contributed by atoms with Crippen molar-refractivity contribution in [2.24, 2.45) is 5.92 Å². The molecule has 1 fully saturated rings. The normalized spacial score (nSPS) is 21.2. The summed E-state index contributed by atoms with van der Waals surface area (Å²) in [6.07, 6.45) is 2.56. The maximum absolute atomic E-state index is 11.9. The van der Waals surface area contributed by atoms with Gasteiger partial charge in [-0.2, -0.15) is 0 Å². The lowest BCUT2D eigenvalue weighted by Gasteiger charge is -2.26. The van der Waals surface area contributed by atoms with Crippen LogP contribution < -0.4 is 10.1 Å². The van der Waals surface area contributed by atoms with Gasteiger partial charge in [-0.3, -0.25) is 9.59 Å². The monoisotopic (exact) mass is 389 g/mol. The smallest absolute Gasteiger partial charge is 0.306 e. The van der Waals surface area contributed by atoms with Crippen molar-refractivity contribution in [3.8, 4) is 5.75 Å². The number of carbonyl (C=O) groups excluding carboxylic acids is 1. The average molecular weight is 391 g/mol. The third kappa shape index (κ3) is 4.88. The first-order valence-corrected chi connectivity index (χ1v) is 8.23. The largest absolute Gasteiger partial charge is 0.482 e. The van der Waals surface area contributed by atoms with Crippen LogP contribution in [0.5, 0.6) is 5.75 Å². The van der Waals surface area contributed by atoms with Gasteiger partial charge in [-0.05, 0) is 43.9 Å². The van der Waals surface area contributed by atoms with Gasteiger partial charge in [-0.15, -0.1) is 0 Å². The Labute approximate surface area is 142 Å². The third-order valence-corrected chi connectivity index (χ3v) is 4.48. The highest BCUT2D eigenvalue weighted by atomic mass is 79.9. The second-order valence-electron chi connectivity index (χ2n) is 5.32. The van der Waals surface area contributed by atoms with Crippen molar-refractivity contribution in [3.05, 3.63) is 27.7 Å². The Morgan fingerprint density at radius 3 is 2.59 bits per heavy atom. The fraction of sp³-hybridized carbons (Fsp3) is 0.467. The zero-order valence-corrected chi connectivity index (χ0v) is 14.2. The zero-order valence-electron chi connectivity index (χ0n) is 11.9. The van der Waals surface area contributed by atoms with Crippen LogP contribution in [0.3, 0.4) is 0 Å². The summed E-state index contributed by atoms with van der Waals surface area (Å²) < 4.78 is 6.23. The number of aliphatic carboxylic acids is 1. The van der Waals surface area contributed by atoms with E-state index in [1.807, 2.05) is 0 Å². The molecule has 5 nitrogen and oxygen atoms in total. The van der Waals surface area contributed by atoms with Gasteiger partial charge in [0, 0.05) is 10.5 Å². The lowest BCUT2D eigenvalue weighted by molar-refractivity contribution is -0.142. The van der Waals surface area contributed by atoms with E-state index in [1.165, 1.54) is 0 Å². The molecule has 0 unspecified atom stereocenters. The van der Waals surface area contributed by atoms with E-state index in [0.29, 0.717) is 36.5 Å². The third-order valence-electron chi connectivity index (χ3n) is 3.69. The molecule has 1 aliphatic carbocycles. The molecule has 1 amide bonds. The van der Waals surface area contributed by atoms with Gasteiger partial charge in [-0.25, -0.2) is 0 Å². The molecule has 120 valence electrons. The molecule has 0 atom stereocenters. The Bertz CT molecular complexity index is 558. The van der Waals surface area contributed by atoms with Crippen LogP contribution in [0.4, 0.5) is 0 Å². The molecule has 2 rings (SSSR count). The molecular formula is C15H17BrClNO4. The average Bonchev–Trinajstić information content (AvgIpc) is 2.47. The van der Waals surface area contributed by atoms with Gasteiger partial charge >= 0.3 is 5.97 Å². The van der Waals surface area contributed by atoms with Gasteiger partial charge in [0.15, 0.2) is 6.61 Å². The second kappa shape index (κ2) is 7.83. The Morgan fingerprint density at radius 1 is 1.32 bits per heavy atom. The van der Waals surface area contributed by atoms with E-state index >= 15 is 0 Å². The van der Waals surface area contributed by atoms with Crippen LogP contribution in [0.2, 0.25) is 5.02 Å². The Balaban J connectivity index is 1.75. The molecule has 2 N–H and O–H groups in total. The molecule has 0 heterocycles. The molecule has 1 saturated carbocycles. The summed E-state index contributed by atoms with van der Waals surface area (Å²) in [4.78, 5) is 22.7. The van der Waals surface area contributed by atoms with Gasteiger partial charge < -0.3 is 15.2 Å². The van der Waals surface area contributed by atoms with Crippen LogP contribution in [0, 0.1) is 5.92 Å². The lowest BCUT2D eigenvalue weighted by Crippen LogP contribution is -2.40. The zero-order chi connectivity index (χ0) is 16.1. The van der Waals surface area contributed by atoms with Crippen LogP contribution in [-0.4, -0.2) is 29.6 Å². The van der Waals surface area contributed by atoms with Crippen LogP contribution in [0.25, 0.3) is 0 Å². The Hall–Kier alpha value is -1.27. The van der Waals surface area contributed by atoms with Crippen LogP contribution in [0.1, 0.15) is 25.7 Å². The number of amides is 1. The molecule has 0 aromatic heterocycles. The van der Waals surface area contributed by atoms with Crippen molar-refractivity contribution in [1.29, 1.82) is 0 Å². The highest BCUT2D eigenvalue weighted by Crippen LogP contribution is 2.28. The number of halogens is 2. The van der Waals surface area contributed by atoms with Crippen LogP contribution in [0.15, 0.2) is 22.7 Å². The topological polar surface area (TPSA) is 75.6 Å². The van der Waals surface area contributed by atoms with E-state index in [1.54, 1.807) is 18.2 Å². The highest BCUT2D eigenvalue weighted by Gasteiger charge is 2.26. The first-order valence-electron chi connectivity index (χ1n) is 7.05. The quantitative estimate of drug-likeness (QED) is 0.809. The number of carbonyl (C=O) groups is 2. The number of benzene rings is 1. The van der Waals surface area contributed by atoms with Crippen molar-refractivity contribution < 1.29 is 19.4 Å². The van der Waals surface area contributed by atoms with Crippen LogP contribution >= 0.6 is 27.5 Å². The van der Waals surface area contributed by atoms with E-state index in [9.17, 15) is 9.59 Å². The molecule has 0 spiro atoms. The lowest BCUT2D eigenvalue weighted by atomic mass is 9.86. The summed E-state index contributed by atoms with van der Waals surface area (Å²) >= 11 is 9.30. The SMILES string of the molecule is O=C(COc1ccc(Br)cc1Cl)NC1CCC(C(=O)O)CC1. The van der Waals surface area contributed by atoms with Crippen molar-refractivity contribution in [2.45, 2.75) is 31.7 Å². The summed E-state index contributed by atoms with van der Waals surface area (Å²) in [6, 6.07) is 5.19. The van der Waals surface area contributed by atoms with E-state index in [2.05, 4.69) is 21.2 Å². The number of ether oxygens (including phenoxy) is 1. The van der Waals surface area contributed by atoms with Crippen LogP contribution in [-0.2, 0) is 9.59 Å². The second-order valence-corrected chi connectivity index (χ2v) is 6.64. The molecule has 1 aromatic rings. The molecule has 0 aliphatic heterocycles. The minimum absolute atomic E-state index is 0.0205. The van der Waals surface area contributed by atoms with Crippen molar-refractivity contribution >= 4 is 39.4 Å². The van der Waals surface area contributed by atoms with Gasteiger partial charge in [0.1, 0.15) is 5.75 Å². The molecule has 22 heavy (non-hydrogen) atoms. The molecular weight excluding hydrogens is 374 g/mol. The number of carboxylic acid groups (broad SMARTS) is 1. The Kier molecular flexibility index (Phi) is 6.08. The summed E-state index contributed by atoms with van der Waals surface area (Å²) in [5.74, 6) is -0.809. The summed E-state index contributed by atoms with van der Waals surface area (Å²) in [5, 5.41) is 12.2. The molecule has 0 radical (unpaired) electrons. The van der Waals surface area contributed by atoms with E-state index in [4.69, 9.17) is 21.4 Å². The number of carboxylic acids is 1. The minimum Gasteiger partial charge on any atom is -0.482 e. The summed E-state index contributed by atoms with van der Waals surface area (Å²) in [7, 11) is 0. The predicted octanol–water partition coefficient (Wildman–Crippen LogP) is 3.24. The number of hydrogen-bond donors (Lipinski definition) is 2. The standard InChI is InChI=1S/C15H17BrClNO4/c16-10-3-6-13(12(17)7-10)22-8-14(19)18-11-4-1-9(2-5-11)15(20)21/h3,6-7,9,11H,1-2,4-5,8H2,(H,18,19)(H,20,21). The maximum atomic E-state index is 11.9. The van der Waals surface area contributed by atoms with E-state index in [0.717, 1.165) is 4.47 Å². The first-order chi connectivity index (χ1) is 10.5. The van der Waals surface area contributed by atoms with Crippen molar-refractivity contribution in [1.82, 2.24) is 5.32 Å². The maximum Gasteiger partial charge on any atom is 0.306 e. The summed E-state index contributed by atoms with van der Waals surface area (Å²) in [6.45, 7) is -0.111. The minimum atomic E-state index is -0.752. The molecule has 7 heteroatoms. The first kappa shape index (κ1) is 17.1. The molecule has 0 saturated heterocycles. The molecule has 0 bridgehead atoms. The number of nitrogens with one attached hydrogen (secondary N) is 1. The number of rotatable bonds is 5.